The van der Waals surface area contributed by atoms with Crippen LogP contribution in [0.25, 0.3) is 10.8 Å². The number of benzene rings is 2. The summed E-state index contributed by atoms with van der Waals surface area (Å²) in [5.74, 6) is 0.0606. The van der Waals surface area contributed by atoms with Crippen molar-refractivity contribution in [3.8, 4) is 0 Å². The number of likely N-dealkylation sites (tertiary alicyclic amines) is 1. The first-order chi connectivity index (χ1) is 12.2. The Balaban J connectivity index is 1.61. The third-order valence-electron chi connectivity index (χ3n) is 5.21. The van der Waals surface area contributed by atoms with Gasteiger partial charge in [-0.3, -0.25) is 9.69 Å². The monoisotopic (exact) mass is 340 g/mol. The minimum Gasteiger partial charge on any atom is -0.396 e. The number of amides is 1. The predicted molar refractivity (Wildman–Crippen MR) is 101 cm³/mol. The van der Waals surface area contributed by atoms with Crippen molar-refractivity contribution in [3.05, 3.63) is 48.0 Å². The molecule has 2 atom stereocenters. The van der Waals surface area contributed by atoms with Gasteiger partial charge in [-0.1, -0.05) is 42.8 Å². The second-order valence-electron chi connectivity index (χ2n) is 7.03. The number of carbonyl (C=O) groups excluding carboxylic acids is 1. The lowest BCUT2D eigenvalue weighted by atomic mass is 9.99. The van der Waals surface area contributed by atoms with Gasteiger partial charge in [0, 0.05) is 12.6 Å². The summed E-state index contributed by atoms with van der Waals surface area (Å²) in [5.41, 5.74) is 1.12. The summed E-state index contributed by atoms with van der Waals surface area (Å²) in [6.45, 7) is 3.59. The normalized spacial score (nSPS) is 19.7. The lowest BCUT2D eigenvalue weighted by Crippen LogP contribution is -2.46. The van der Waals surface area contributed by atoms with Gasteiger partial charge in [0.25, 0.3) is 0 Å². The van der Waals surface area contributed by atoms with Crippen LogP contribution in [0.2, 0.25) is 0 Å². The maximum atomic E-state index is 12.5. The van der Waals surface area contributed by atoms with Crippen LogP contribution in [0.15, 0.2) is 42.5 Å². The number of nitrogens with one attached hydrogen (secondary N) is 1. The molecule has 0 aliphatic carbocycles. The van der Waals surface area contributed by atoms with Crippen LogP contribution < -0.4 is 5.32 Å². The number of nitrogens with zero attached hydrogens (tertiary/aromatic N) is 1. The van der Waals surface area contributed by atoms with Gasteiger partial charge in [-0.15, -0.1) is 0 Å². The van der Waals surface area contributed by atoms with Gasteiger partial charge in [-0.25, -0.2) is 0 Å². The molecule has 1 saturated heterocycles. The minimum atomic E-state index is -0.0156. The van der Waals surface area contributed by atoms with E-state index in [9.17, 15) is 9.90 Å². The van der Waals surface area contributed by atoms with E-state index in [0.29, 0.717) is 12.6 Å². The van der Waals surface area contributed by atoms with Gasteiger partial charge in [-0.2, -0.15) is 0 Å². The first kappa shape index (κ1) is 17.9. The topological polar surface area (TPSA) is 52.6 Å². The van der Waals surface area contributed by atoms with Gasteiger partial charge in [-0.05, 0) is 55.1 Å². The Bertz CT molecular complexity index is 714. The SMILES string of the molecule is CC(NC(=O)CN1CCCCC1CCO)c1ccc2ccccc2c1. The fraction of sp³-hybridized carbons (Fsp3) is 0.476. The molecule has 4 nitrogen and oxygen atoms in total. The summed E-state index contributed by atoms with van der Waals surface area (Å²) in [7, 11) is 0. The highest BCUT2D eigenvalue weighted by Crippen LogP contribution is 2.21. The van der Waals surface area contributed by atoms with Gasteiger partial charge in [0.2, 0.25) is 5.91 Å². The van der Waals surface area contributed by atoms with Crippen LogP contribution in [0.3, 0.4) is 0 Å². The molecule has 0 aromatic heterocycles. The van der Waals surface area contributed by atoms with Crippen LogP contribution in [0, 0.1) is 0 Å². The summed E-state index contributed by atoms with van der Waals surface area (Å²) in [4.78, 5) is 14.7. The highest BCUT2D eigenvalue weighted by atomic mass is 16.3. The summed E-state index contributed by atoms with van der Waals surface area (Å²) < 4.78 is 0. The van der Waals surface area contributed by atoms with Crippen molar-refractivity contribution < 1.29 is 9.90 Å². The Morgan fingerprint density at radius 2 is 2.04 bits per heavy atom. The first-order valence-corrected chi connectivity index (χ1v) is 9.30. The first-order valence-electron chi connectivity index (χ1n) is 9.30. The van der Waals surface area contributed by atoms with Gasteiger partial charge < -0.3 is 10.4 Å². The number of carbonyl (C=O) groups is 1. The third-order valence-corrected chi connectivity index (χ3v) is 5.21. The van der Waals surface area contributed by atoms with Crippen molar-refractivity contribution in [1.82, 2.24) is 10.2 Å². The highest BCUT2D eigenvalue weighted by molar-refractivity contribution is 5.83. The molecule has 4 heteroatoms. The second-order valence-corrected chi connectivity index (χ2v) is 7.03. The molecule has 0 spiro atoms. The quantitative estimate of drug-likeness (QED) is 0.849. The molecule has 1 heterocycles. The molecule has 2 N–H and O–H groups in total. The number of rotatable bonds is 6. The van der Waals surface area contributed by atoms with E-state index >= 15 is 0 Å². The third kappa shape index (κ3) is 4.59. The molecule has 1 aliphatic rings. The number of fused-ring (bicyclic) bond motifs is 1. The maximum Gasteiger partial charge on any atom is 0.234 e. The Labute approximate surface area is 149 Å². The average molecular weight is 340 g/mol. The fourth-order valence-electron chi connectivity index (χ4n) is 3.78. The summed E-state index contributed by atoms with van der Waals surface area (Å²) in [6.07, 6.45) is 4.16. The fourth-order valence-corrected chi connectivity index (χ4v) is 3.78. The second kappa shape index (κ2) is 8.45. The predicted octanol–water partition coefficient (Wildman–Crippen LogP) is 3.25. The molecule has 0 bridgehead atoms. The Kier molecular flexibility index (Phi) is 6.05. The van der Waals surface area contributed by atoms with Crippen LogP contribution in [0.5, 0.6) is 0 Å². The van der Waals surface area contributed by atoms with Crippen LogP contribution in [0.1, 0.15) is 44.2 Å². The van der Waals surface area contributed by atoms with E-state index in [1.54, 1.807) is 0 Å². The van der Waals surface area contributed by atoms with Crippen molar-refractivity contribution in [1.29, 1.82) is 0 Å². The summed E-state index contributed by atoms with van der Waals surface area (Å²) in [5, 5.41) is 14.8. The Morgan fingerprint density at radius 3 is 2.84 bits per heavy atom. The molecule has 134 valence electrons. The van der Waals surface area contributed by atoms with E-state index in [2.05, 4.69) is 40.5 Å². The molecular weight excluding hydrogens is 312 g/mol. The minimum absolute atomic E-state index is 0.0156. The molecule has 0 saturated carbocycles. The lowest BCUT2D eigenvalue weighted by Gasteiger charge is -2.35. The van der Waals surface area contributed by atoms with Crippen molar-refractivity contribution in [2.75, 3.05) is 19.7 Å². The summed E-state index contributed by atoms with van der Waals surface area (Å²) >= 11 is 0. The molecule has 1 amide bonds. The number of aliphatic hydroxyl groups excluding tert-OH is 1. The average Bonchev–Trinajstić information content (AvgIpc) is 2.63. The van der Waals surface area contributed by atoms with Crippen LogP contribution >= 0.6 is 0 Å². The lowest BCUT2D eigenvalue weighted by molar-refractivity contribution is -0.123. The number of hydrogen-bond acceptors (Lipinski definition) is 3. The van der Waals surface area contributed by atoms with E-state index in [1.807, 2.05) is 19.1 Å². The zero-order valence-electron chi connectivity index (χ0n) is 14.9. The van der Waals surface area contributed by atoms with Crippen molar-refractivity contribution in [3.63, 3.8) is 0 Å². The van der Waals surface area contributed by atoms with E-state index in [0.717, 1.165) is 31.4 Å². The van der Waals surface area contributed by atoms with Gasteiger partial charge in [0.1, 0.15) is 0 Å². The van der Waals surface area contributed by atoms with E-state index in [1.165, 1.54) is 17.2 Å². The number of aliphatic hydroxyl groups is 1. The van der Waals surface area contributed by atoms with Crippen molar-refractivity contribution in [2.24, 2.45) is 0 Å². The van der Waals surface area contributed by atoms with E-state index in [4.69, 9.17) is 0 Å². The van der Waals surface area contributed by atoms with Gasteiger partial charge >= 0.3 is 0 Å². The zero-order chi connectivity index (χ0) is 17.6. The molecule has 1 aliphatic heterocycles. The Hall–Kier alpha value is -1.91. The molecule has 2 aromatic rings. The summed E-state index contributed by atoms with van der Waals surface area (Å²) in [6, 6.07) is 14.9. The molecule has 0 radical (unpaired) electrons. The largest absolute Gasteiger partial charge is 0.396 e. The van der Waals surface area contributed by atoms with Gasteiger partial charge in [0.15, 0.2) is 0 Å². The molecule has 2 unspecified atom stereocenters. The van der Waals surface area contributed by atoms with Crippen molar-refractivity contribution >= 4 is 16.7 Å². The molecule has 3 rings (SSSR count). The number of hydrogen-bond donors (Lipinski definition) is 2. The van der Waals surface area contributed by atoms with E-state index < -0.39 is 0 Å². The van der Waals surface area contributed by atoms with Gasteiger partial charge in [0.05, 0.1) is 12.6 Å². The zero-order valence-corrected chi connectivity index (χ0v) is 14.9. The molecular formula is C21H28N2O2. The standard InChI is InChI=1S/C21H28N2O2/c1-16(18-10-9-17-6-2-3-7-19(17)14-18)22-21(25)15-23-12-5-4-8-20(23)11-13-24/h2-3,6-7,9-10,14,16,20,24H,4-5,8,11-13,15H2,1H3,(H,22,25). The maximum absolute atomic E-state index is 12.5. The van der Waals surface area contributed by atoms with E-state index in [-0.39, 0.29) is 18.6 Å². The number of piperidine rings is 1. The highest BCUT2D eigenvalue weighted by Gasteiger charge is 2.24. The smallest absolute Gasteiger partial charge is 0.234 e. The Morgan fingerprint density at radius 1 is 1.24 bits per heavy atom. The molecule has 1 fully saturated rings. The van der Waals surface area contributed by atoms with Crippen LogP contribution in [-0.4, -0.2) is 41.7 Å². The molecule has 2 aromatic carbocycles. The van der Waals surface area contributed by atoms with Crippen LogP contribution in [-0.2, 0) is 4.79 Å². The molecule has 25 heavy (non-hydrogen) atoms. The van der Waals surface area contributed by atoms with Crippen molar-refractivity contribution in [2.45, 2.75) is 44.7 Å². The van der Waals surface area contributed by atoms with Crippen LogP contribution in [0.4, 0.5) is 0 Å².